The third kappa shape index (κ3) is 2.55. The van der Waals surface area contributed by atoms with Crippen molar-refractivity contribution >= 4 is 17.7 Å². The Morgan fingerprint density at radius 3 is 2.72 bits per heavy atom. The molecule has 0 aromatic carbocycles. The first-order valence-electron chi connectivity index (χ1n) is 5.62. The summed E-state index contributed by atoms with van der Waals surface area (Å²) in [5, 5.41) is 8.73. The Bertz CT molecular complexity index is 460. The minimum Gasteiger partial charge on any atom is -0.476 e. The first-order chi connectivity index (χ1) is 8.58. The highest BCUT2D eigenvalue weighted by Gasteiger charge is 2.20. The molecule has 1 aliphatic rings. The van der Waals surface area contributed by atoms with Crippen molar-refractivity contribution in [3.8, 4) is 0 Å². The molecule has 1 aliphatic heterocycles. The molecule has 7 nitrogen and oxygen atoms in total. The fraction of sp³-hybridized carbons (Fsp3) is 0.455. The van der Waals surface area contributed by atoms with Crippen LogP contribution < -0.4 is 4.90 Å². The first-order valence-corrected chi connectivity index (χ1v) is 5.62. The number of carbonyl (C=O) groups excluding carboxylic acids is 1. The van der Waals surface area contributed by atoms with E-state index in [1.165, 1.54) is 12.4 Å². The number of nitrogens with zero attached hydrogens (tertiary/aromatic N) is 4. The summed E-state index contributed by atoms with van der Waals surface area (Å²) in [6.07, 6.45) is 3.45. The largest absolute Gasteiger partial charge is 0.476 e. The SMILES string of the molecule is CN1CCCN(c2cnc(C(=O)O)cn2)CC1=O. The summed E-state index contributed by atoms with van der Waals surface area (Å²) in [6.45, 7) is 1.67. The van der Waals surface area contributed by atoms with Gasteiger partial charge in [0, 0.05) is 20.1 Å². The zero-order chi connectivity index (χ0) is 13.1. The lowest BCUT2D eigenvalue weighted by molar-refractivity contribution is -0.127. The predicted octanol–water partition coefficient (Wildman–Crippen LogP) is -0.157. The second kappa shape index (κ2) is 4.99. The van der Waals surface area contributed by atoms with E-state index in [0.717, 1.165) is 13.0 Å². The van der Waals surface area contributed by atoms with Gasteiger partial charge >= 0.3 is 5.97 Å². The maximum Gasteiger partial charge on any atom is 0.356 e. The molecule has 0 bridgehead atoms. The number of aromatic carboxylic acids is 1. The molecule has 0 aliphatic carbocycles. The van der Waals surface area contributed by atoms with Crippen LogP contribution in [0.2, 0.25) is 0 Å². The molecule has 7 heteroatoms. The Morgan fingerprint density at radius 1 is 1.33 bits per heavy atom. The van der Waals surface area contributed by atoms with Gasteiger partial charge < -0.3 is 14.9 Å². The lowest BCUT2D eigenvalue weighted by Crippen LogP contribution is -2.34. The molecule has 0 unspecified atom stereocenters. The normalized spacial score (nSPS) is 16.6. The summed E-state index contributed by atoms with van der Waals surface area (Å²) in [6, 6.07) is 0. The summed E-state index contributed by atoms with van der Waals surface area (Å²) < 4.78 is 0. The van der Waals surface area contributed by atoms with Gasteiger partial charge in [-0.05, 0) is 6.42 Å². The topological polar surface area (TPSA) is 86.6 Å². The lowest BCUT2D eigenvalue weighted by atomic mass is 10.4. The van der Waals surface area contributed by atoms with Crippen molar-refractivity contribution in [2.75, 3.05) is 31.6 Å². The molecular formula is C11H14N4O3. The van der Waals surface area contributed by atoms with Crippen LogP contribution in [0, 0.1) is 0 Å². The molecule has 18 heavy (non-hydrogen) atoms. The zero-order valence-corrected chi connectivity index (χ0v) is 10.0. The van der Waals surface area contributed by atoms with Crippen molar-refractivity contribution in [2.24, 2.45) is 0 Å². The zero-order valence-electron chi connectivity index (χ0n) is 10.0. The maximum absolute atomic E-state index is 11.7. The van der Waals surface area contributed by atoms with Crippen molar-refractivity contribution in [1.82, 2.24) is 14.9 Å². The molecule has 1 aromatic heterocycles. The van der Waals surface area contributed by atoms with E-state index in [1.807, 2.05) is 4.90 Å². The molecule has 0 radical (unpaired) electrons. The van der Waals surface area contributed by atoms with Gasteiger partial charge in [0.25, 0.3) is 0 Å². The van der Waals surface area contributed by atoms with Crippen molar-refractivity contribution in [1.29, 1.82) is 0 Å². The van der Waals surface area contributed by atoms with Crippen molar-refractivity contribution in [3.05, 3.63) is 18.1 Å². The number of carboxylic acid groups (broad SMARTS) is 1. The molecule has 0 saturated carbocycles. The highest BCUT2D eigenvalue weighted by atomic mass is 16.4. The fourth-order valence-corrected chi connectivity index (χ4v) is 1.78. The molecule has 1 N–H and O–H groups in total. The average molecular weight is 250 g/mol. The van der Waals surface area contributed by atoms with Gasteiger partial charge in [0.1, 0.15) is 5.82 Å². The average Bonchev–Trinajstić information content (AvgIpc) is 2.52. The van der Waals surface area contributed by atoms with Crippen LogP contribution in [-0.2, 0) is 4.79 Å². The van der Waals surface area contributed by atoms with Gasteiger partial charge in [-0.1, -0.05) is 0 Å². The van der Waals surface area contributed by atoms with Gasteiger partial charge in [-0.15, -0.1) is 0 Å². The van der Waals surface area contributed by atoms with Crippen molar-refractivity contribution in [3.63, 3.8) is 0 Å². The number of aromatic nitrogens is 2. The summed E-state index contributed by atoms with van der Waals surface area (Å²) in [5.74, 6) is -0.555. The first kappa shape index (κ1) is 12.3. The van der Waals surface area contributed by atoms with E-state index >= 15 is 0 Å². The fourth-order valence-electron chi connectivity index (χ4n) is 1.78. The van der Waals surface area contributed by atoms with Crippen LogP contribution in [0.15, 0.2) is 12.4 Å². The Balaban J connectivity index is 2.15. The van der Waals surface area contributed by atoms with Crippen LogP contribution in [0.1, 0.15) is 16.9 Å². The third-order valence-electron chi connectivity index (χ3n) is 2.85. The second-order valence-electron chi connectivity index (χ2n) is 4.16. The minimum atomic E-state index is -1.11. The number of likely N-dealkylation sites (N-methyl/N-ethyl adjacent to an activating group) is 1. The Morgan fingerprint density at radius 2 is 2.11 bits per heavy atom. The van der Waals surface area contributed by atoms with Crippen LogP contribution in [0.4, 0.5) is 5.82 Å². The van der Waals surface area contributed by atoms with Crippen LogP contribution in [0.3, 0.4) is 0 Å². The number of hydrogen-bond donors (Lipinski definition) is 1. The lowest BCUT2D eigenvalue weighted by Gasteiger charge is -2.20. The van der Waals surface area contributed by atoms with Gasteiger partial charge in [-0.25, -0.2) is 14.8 Å². The van der Waals surface area contributed by atoms with E-state index in [9.17, 15) is 9.59 Å². The van der Waals surface area contributed by atoms with Crippen molar-refractivity contribution < 1.29 is 14.7 Å². The van der Waals surface area contributed by atoms with E-state index < -0.39 is 5.97 Å². The van der Waals surface area contributed by atoms with Crippen molar-refractivity contribution in [2.45, 2.75) is 6.42 Å². The Labute approximate surface area is 104 Å². The highest BCUT2D eigenvalue weighted by Crippen LogP contribution is 2.12. The number of hydrogen-bond acceptors (Lipinski definition) is 5. The number of carbonyl (C=O) groups is 2. The minimum absolute atomic E-state index is 0.0246. The van der Waals surface area contributed by atoms with E-state index in [-0.39, 0.29) is 18.1 Å². The molecule has 1 amide bonds. The number of anilines is 1. The Kier molecular flexibility index (Phi) is 3.40. The van der Waals surface area contributed by atoms with Crippen LogP contribution in [0.25, 0.3) is 0 Å². The van der Waals surface area contributed by atoms with Gasteiger partial charge in [0.05, 0.1) is 18.9 Å². The monoisotopic (exact) mass is 250 g/mol. The Hall–Kier alpha value is -2.18. The second-order valence-corrected chi connectivity index (χ2v) is 4.16. The number of amides is 1. The van der Waals surface area contributed by atoms with Crippen LogP contribution >= 0.6 is 0 Å². The van der Waals surface area contributed by atoms with E-state index in [1.54, 1.807) is 11.9 Å². The number of carboxylic acids is 1. The highest BCUT2D eigenvalue weighted by molar-refractivity contribution is 5.85. The quantitative estimate of drug-likeness (QED) is 0.785. The van der Waals surface area contributed by atoms with Gasteiger partial charge in [-0.3, -0.25) is 4.79 Å². The molecule has 96 valence electrons. The summed E-state index contributed by atoms with van der Waals surface area (Å²) in [5.41, 5.74) is -0.1000. The summed E-state index contributed by atoms with van der Waals surface area (Å²) in [7, 11) is 1.77. The van der Waals surface area contributed by atoms with E-state index in [4.69, 9.17) is 5.11 Å². The molecule has 1 saturated heterocycles. The molecule has 2 rings (SSSR count). The summed E-state index contributed by atoms with van der Waals surface area (Å²) in [4.78, 5) is 33.7. The smallest absolute Gasteiger partial charge is 0.356 e. The standard InChI is InChI=1S/C11H14N4O3/c1-14-3-2-4-15(7-10(14)16)9-6-12-8(5-13-9)11(17)18/h5-6H,2-4,7H2,1H3,(H,17,18). The van der Waals surface area contributed by atoms with E-state index in [2.05, 4.69) is 9.97 Å². The summed E-state index contributed by atoms with van der Waals surface area (Å²) >= 11 is 0. The van der Waals surface area contributed by atoms with Crippen LogP contribution in [0.5, 0.6) is 0 Å². The van der Waals surface area contributed by atoms with Gasteiger partial charge in [-0.2, -0.15) is 0 Å². The van der Waals surface area contributed by atoms with Gasteiger partial charge in [0.15, 0.2) is 5.69 Å². The molecule has 1 aromatic rings. The van der Waals surface area contributed by atoms with Gasteiger partial charge in [0.2, 0.25) is 5.91 Å². The maximum atomic E-state index is 11.7. The molecule has 1 fully saturated rings. The molecule has 0 spiro atoms. The molecule has 2 heterocycles. The molecular weight excluding hydrogens is 236 g/mol. The molecule has 0 atom stereocenters. The van der Waals surface area contributed by atoms with Crippen LogP contribution in [-0.4, -0.2) is 58.5 Å². The number of rotatable bonds is 2. The van der Waals surface area contributed by atoms with E-state index in [0.29, 0.717) is 12.4 Å². The predicted molar refractivity (Wildman–Crippen MR) is 63.5 cm³/mol. The third-order valence-corrected chi connectivity index (χ3v) is 2.85.